The molecule has 0 bridgehead atoms. The molecule has 0 unspecified atom stereocenters. The van der Waals surface area contributed by atoms with Crippen LogP contribution in [0.2, 0.25) is 0 Å². The first-order chi connectivity index (χ1) is 14.5. The van der Waals surface area contributed by atoms with Crippen LogP contribution in [0.25, 0.3) is 5.57 Å². The quantitative estimate of drug-likeness (QED) is 0.577. The zero-order chi connectivity index (χ0) is 21.3. The zero-order valence-corrected chi connectivity index (χ0v) is 16.9. The molecule has 0 amide bonds. The van der Waals surface area contributed by atoms with E-state index in [1.807, 2.05) is 13.0 Å². The van der Waals surface area contributed by atoms with Gasteiger partial charge in [0, 0.05) is 43.9 Å². The lowest BCUT2D eigenvalue weighted by molar-refractivity contribution is 0.180. The van der Waals surface area contributed by atoms with Crippen molar-refractivity contribution in [3.8, 4) is 18.1 Å². The second-order valence-corrected chi connectivity index (χ2v) is 7.40. The number of nitrogens with zero attached hydrogens (tertiary/aromatic N) is 2. The summed E-state index contributed by atoms with van der Waals surface area (Å²) in [5.74, 6) is 3.30. The molecule has 4 rings (SSSR count). The minimum absolute atomic E-state index is 0.217. The summed E-state index contributed by atoms with van der Waals surface area (Å²) >= 11 is 0. The van der Waals surface area contributed by atoms with Crippen LogP contribution in [0.3, 0.4) is 0 Å². The predicted molar refractivity (Wildman–Crippen MR) is 115 cm³/mol. The smallest absolute Gasteiger partial charge is 0.229 e. The van der Waals surface area contributed by atoms with E-state index in [9.17, 15) is 5.11 Å². The third kappa shape index (κ3) is 3.82. The summed E-state index contributed by atoms with van der Waals surface area (Å²) < 4.78 is 21.6. The molecule has 2 aliphatic heterocycles. The highest BCUT2D eigenvalue weighted by Crippen LogP contribution is 2.45. The Bertz CT molecular complexity index is 1050. The highest BCUT2D eigenvalue weighted by Gasteiger charge is 2.32. The van der Waals surface area contributed by atoms with Gasteiger partial charge in [-0.25, -0.2) is 9.37 Å². The van der Waals surface area contributed by atoms with Crippen LogP contribution in [-0.4, -0.2) is 47.9 Å². The van der Waals surface area contributed by atoms with E-state index in [2.05, 4.69) is 31.8 Å². The maximum absolute atomic E-state index is 15.8. The normalized spacial score (nSPS) is 20.4. The molecular formula is C22H24FN5O2. The van der Waals surface area contributed by atoms with E-state index < -0.39 is 11.9 Å². The zero-order valence-electron chi connectivity index (χ0n) is 16.9. The van der Waals surface area contributed by atoms with Crippen molar-refractivity contribution in [2.24, 2.45) is 0 Å². The molecule has 2 atom stereocenters. The summed E-state index contributed by atoms with van der Waals surface area (Å²) in [7, 11) is 1.76. The Hall–Kier alpha value is -3.15. The SMILES string of the molecule is C#C[C@@H]1COc2c1cc(Nc1nc(C)cc(NC)n1)c(F)c2C1=CCNC[C@@H](O)C1. The van der Waals surface area contributed by atoms with Gasteiger partial charge in [-0.2, -0.15) is 4.98 Å². The fourth-order valence-electron chi connectivity index (χ4n) is 3.78. The van der Waals surface area contributed by atoms with Crippen LogP contribution in [0.4, 0.5) is 21.8 Å². The molecule has 1 aromatic carbocycles. The highest BCUT2D eigenvalue weighted by molar-refractivity contribution is 5.79. The van der Waals surface area contributed by atoms with Crippen LogP contribution in [0, 0.1) is 25.1 Å². The maximum atomic E-state index is 15.8. The summed E-state index contributed by atoms with van der Waals surface area (Å²) in [6, 6.07) is 3.46. The van der Waals surface area contributed by atoms with E-state index in [1.54, 1.807) is 19.2 Å². The highest BCUT2D eigenvalue weighted by atomic mass is 19.1. The van der Waals surface area contributed by atoms with Crippen molar-refractivity contribution in [3.63, 3.8) is 0 Å². The van der Waals surface area contributed by atoms with Gasteiger partial charge in [0.2, 0.25) is 5.95 Å². The number of rotatable bonds is 4. The van der Waals surface area contributed by atoms with Crippen molar-refractivity contribution >= 4 is 23.0 Å². The molecule has 1 aromatic heterocycles. The van der Waals surface area contributed by atoms with E-state index >= 15 is 4.39 Å². The molecular weight excluding hydrogens is 385 g/mol. The Morgan fingerprint density at radius 2 is 2.20 bits per heavy atom. The summed E-state index contributed by atoms with van der Waals surface area (Å²) in [6.45, 7) is 3.11. The van der Waals surface area contributed by atoms with Crippen LogP contribution in [0.1, 0.15) is 29.2 Å². The Balaban J connectivity index is 1.83. The molecule has 0 radical (unpaired) electrons. The number of ether oxygens (including phenoxy) is 1. The predicted octanol–water partition coefficient (Wildman–Crippen LogP) is 2.56. The van der Waals surface area contributed by atoms with E-state index in [0.29, 0.717) is 48.8 Å². The third-order valence-corrected chi connectivity index (χ3v) is 5.22. The Morgan fingerprint density at radius 3 is 2.97 bits per heavy atom. The molecule has 0 spiro atoms. The molecule has 4 N–H and O–H groups in total. The first-order valence-electron chi connectivity index (χ1n) is 9.84. The number of benzene rings is 1. The van der Waals surface area contributed by atoms with Crippen LogP contribution in [0.15, 0.2) is 18.2 Å². The van der Waals surface area contributed by atoms with Crippen molar-refractivity contribution in [2.75, 3.05) is 37.4 Å². The van der Waals surface area contributed by atoms with Gasteiger partial charge in [-0.3, -0.25) is 0 Å². The number of nitrogens with one attached hydrogen (secondary N) is 3. The van der Waals surface area contributed by atoms with Crippen LogP contribution < -0.4 is 20.7 Å². The van der Waals surface area contributed by atoms with Crippen LogP contribution >= 0.6 is 0 Å². The van der Waals surface area contributed by atoms with Gasteiger partial charge in [0.05, 0.1) is 23.3 Å². The Kier molecular flexibility index (Phi) is 5.57. The van der Waals surface area contributed by atoms with E-state index in [4.69, 9.17) is 11.2 Å². The van der Waals surface area contributed by atoms with Crippen molar-refractivity contribution in [3.05, 3.63) is 40.8 Å². The minimum atomic E-state index is -0.617. The largest absolute Gasteiger partial charge is 0.491 e. The van der Waals surface area contributed by atoms with Crippen LogP contribution in [-0.2, 0) is 0 Å². The average Bonchev–Trinajstić information content (AvgIpc) is 3.00. The van der Waals surface area contributed by atoms with Crippen molar-refractivity contribution in [2.45, 2.75) is 25.4 Å². The van der Waals surface area contributed by atoms with Gasteiger partial charge in [-0.15, -0.1) is 6.42 Å². The summed E-state index contributed by atoms with van der Waals surface area (Å²) in [6.07, 6.45) is 7.26. The van der Waals surface area contributed by atoms with Crippen molar-refractivity contribution in [1.29, 1.82) is 0 Å². The van der Waals surface area contributed by atoms with Gasteiger partial charge in [0.25, 0.3) is 0 Å². The molecule has 3 heterocycles. The molecule has 156 valence electrons. The number of aryl methyl sites for hydroxylation is 1. The average molecular weight is 409 g/mol. The van der Waals surface area contributed by atoms with Gasteiger partial charge in [0.1, 0.15) is 18.2 Å². The lowest BCUT2D eigenvalue weighted by Gasteiger charge is -2.18. The Morgan fingerprint density at radius 1 is 1.37 bits per heavy atom. The second-order valence-electron chi connectivity index (χ2n) is 7.40. The van der Waals surface area contributed by atoms with E-state index in [0.717, 1.165) is 11.3 Å². The monoisotopic (exact) mass is 409 g/mol. The number of terminal acetylenes is 1. The first-order valence-corrected chi connectivity index (χ1v) is 9.84. The number of fused-ring (bicyclic) bond motifs is 1. The van der Waals surface area contributed by atoms with Crippen molar-refractivity contribution < 1.29 is 14.2 Å². The van der Waals surface area contributed by atoms with Crippen LogP contribution in [0.5, 0.6) is 5.75 Å². The molecule has 2 aliphatic rings. The summed E-state index contributed by atoms with van der Waals surface area (Å²) in [4.78, 5) is 8.71. The maximum Gasteiger partial charge on any atom is 0.229 e. The lowest BCUT2D eigenvalue weighted by Crippen LogP contribution is -2.24. The van der Waals surface area contributed by atoms with Gasteiger partial charge >= 0.3 is 0 Å². The number of aromatic nitrogens is 2. The fraction of sp³-hybridized carbons (Fsp3) is 0.364. The minimum Gasteiger partial charge on any atom is -0.491 e. The number of hydrogen-bond donors (Lipinski definition) is 4. The molecule has 7 nitrogen and oxygen atoms in total. The number of anilines is 3. The number of halogens is 1. The number of hydrogen-bond acceptors (Lipinski definition) is 7. The summed E-state index contributed by atoms with van der Waals surface area (Å²) in [5.41, 5.74) is 2.71. The van der Waals surface area contributed by atoms with E-state index in [-0.39, 0.29) is 17.6 Å². The third-order valence-electron chi connectivity index (χ3n) is 5.22. The standard InChI is InChI=1S/C22H24FN5O2/c1-4-13-11-30-21-16(13)9-17(27-22-26-12(2)7-18(24-3)28-22)20(23)19(21)14-5-6-25-10-15(29)8-14/h1,5,7,9,13,15,25,29H,6,8,10-11H2,2-3H3,(H2,24,26,27,28)/t13-,15+/m1/s1. The second kappa shape index (κ2) is 8.30. The van der Waals surface area contributed by atoms with Gasteiger partial charge in [-0.05, 0) is 18.6 Å². The first kappa shape index (κ1) is 20.1. The van der Waals surface area contributed by atoms with Gasteiger partial charge in [0.15, 0.2) is 5.82 Å². The summed E-state index contributed by atoms with van der Waals surface area (Å²) in [5, 5.41) is 19.3. The molecule has 0 fully saturated rings. The molecule has 30 heavy (non-hydrogen) atoms. The fourth-order valence-corrected chi connectivity index (χ4v) is 3.78. The Labute approximate surface area is 174 Å². The molecule has 0 saturated carbocycles. The molecule has 0 aliphatic carbocycles. The van der Waals surface area contributed by atoms with Crippen molar-refractivity contribution in [1.82, 2.24) is 15.3 Å². The molecule has 8 heteroatoms. The molecule has 0 saturated heterocycles. The lowest BCUT2D eigenvalue weighted by atomic mass is 9.92. The topological polar surface area (TPSA) is 91.3 Å². The van der Waals surface area contributed by atoms with E-state index in [1.165, 1.54) is 0 Å². The van der Waals surface area contributed by atoms with Gasteiger partial charge in [-0.1, -0.05) is 12.0 Å². The number of β-amino-alcohol motifs (C(OH)–C–C–N with tert-alkyl or cyclic N) is 1. The number of aliphatic hydroxyl groups is 1. The number of aliphatic hydroxyl groups excluding tert-OH is 1. The molecule has 2 aromatic rings. The van der Waals surface area contributed by atoms with Gasteiger partial charge < -0.3 is 25.8 Å².